The monoisotopic (exact) mass is 646 g/mol. The van der Waals surface area contributed by atoms with Crippen LogP contribution in [0.2, 0.25) is 18.6 Å². The van der Waals surface area contributed by atoms with Gasteiger partial charge in [-0.05, 0) is 65.9 Å². The van der Waals surface area contributed by atoms with Crippen molar-refractivity contribution in [2.75, 3.05) is 23.5 Å². The third-order valence-corrected chi connectivity index (χ3v) is 15.1. The summed E-state index contributed by atoms with van der Waals surface area (Å²) < 4.78 is 12.6. The summed E-state index contributed by atoms with van der Waals surface area (Å²) in [5.41, 5.74) is 4.13. The molecule has 1 saturated heterocycles. The average molecular weight is 647 g/mol. The van der Waals surface area contributed by atoms with Crippen LogP contribution in [-0.2, 0) is 32.9 Å². The number of hydrogen-bond acceptors (Lipinski definition) is 5. The maximum atomic E-state index is 15.1. The summed E-state index contributed by atoms with van der Waals surface area (Å²) in [4.78, 5) is 32.2. The molecule has 3 aliphatic heterocycles. The first kappa shape index (κ1) is 31.4. The molecule has 3 heterocycles. The minimum absolute atomic E-state index is 0.0255. The van der Waals surface area contributed by atoms with Crippen molar-refractivity contribution < 1.29 is 24.2 Å². The highest BCUT2D eigenvalue weighted by molar-refractivity contribution is 6.91. The Balaban J connectivity index is 1.38. The number of anilines is 3. The number of rotatable bonds is 8. The molecule has 1 fully saturated rings. The van der Waals surface area contributed by atoms with E-state index in [0.29, 0.717) is 25.8 Å². The Labute approximate surface area is 277 Å². The van der Waals surface area contributed by atoms with Gasteiger partial charge in [0.1, 0.15) is 5.75 Å². The molecule has 0 saturated carbocycles. The van der Waals surface area contributed by atoms with E-state index in [1.54, 1.807) is 12.0 Å². The van der Waals surface area contributed by atoms with Gasteiger partial charge in [0.15, 0.2) is 5.60 Å². The molecular formula is C39H42N2O5Si. The van der Waals surface area contributed by atoms with Gasteiger partial charge in [-0.1, -0.05) is 85.9 Å². The summed E-state index contributed by atoms with van der Waals surface area (Å²) in [7, 11) is -0.650. The minimum atomic E-state index is -2.32. The van der Waals surface area contributed by atoms with E-state index in [-0.39, 0.29) is 36.0 Å². The minimum Gasteiger partial charge on any atom is -0.497 e. The predicted octanol–water partition coefficient (Wildman–Crippen LogP) is 6.45. The number of carbonyl (C=O) groups excluding carboxylic acids is 2. The number of methoxy groups -OCH3 is 1. The van der Waals surface area contributed by atoms with Crippen LogP contribution in [0.15, 0.2) is 97.1 Å². The highest BCUT2D eigenvalue weighted by Gasteiger charge is 2.66. The summed E-state index contributed by atoms with van der Waals surface area (Å²) in [5, 5.41) is 11.5. The highest BCUT2D eigenvalue weighted by Crippen LogP contribution is 2.60. The number of fused-ring (bicyclic) bond motifs is 3. The summed E-state index contributed by atoms with van der Waals surface area (Å²) in [6.07, 6.45) is 1.24. The predicted molar refractivity (Wildman–Crippen MR) is 187 cm³/mol. The Morgan fingerprint density at radius 3 is 2.36 bits per heavy atom. The Kier molecular flexibility index (Phi) is 8.06. The summed E-state index contributed by atoms with van der Waals surface area (Å²) >= 11 is 0. The second-order valence-electron chi connectivity index (χ2n) is 13.6. The fraction of sp³-hybridized carbons (Fsp3) is 0.333. The van der Waals surface area contributed by atoms with Crippen LogP contribution in [0.4, 0.5) is 17.1 Å². The molecule has 2 amide bonds. The van der Waals surface area contributed by atoms with Gasteiger partial charge >= 0.3 is 0 Å². The number of hydrogen-bond donors (Lipinski definition) is 1. The number of benzene rings is 4. The van der Waals surface area contributed by atoms with E-state index < -0.39 is 13.7 Å². The normalized spacial score (nSPS) is 23.7. The van der Waals surface area contributed by atoms with E-state index in [2.05, 4.69) is 38.2 Å². The van der Waals surface area contributed by atoms with E-state index in [4.69, 9.17) is 9.47 Å². The highest BCUT2D eigenvalue weighted by atomic mass is 28.3. The first-order valence-electron chi connectivity index (χ1n) is 16.5. The van der Waals surface area contributed by atoms with Crippen molar-refractivity contribution in [1.82, 2.24) is 0 Å². The van der Waals surface area contributed by atoms with Crippen molar-refractivity contribution in [2.24, 2.45) is 5.92 Å². The molecule has 0 radical (unpaired) electrons. The quantitative estimate of drug-likeness (QED) is 0.223. The fourth-order valence-electron chi connectivity index (χ4n) is 8.47. The number of aryl methyl sites for hydroxylation is 1. The van der Waals surface area contributed by atoms with E-state index in [0.717, 1.165) is 39.5 Å². The average Bonchev–Trinajstić information content (AvgIpc) is 3.51. The molecule has 0 unspecified atom stereocenters. The van der Waals surface area contributed by atoms with Crippen LogP contribution in [0, 0.1) is 5.92 Å². The van der Waals surface area contributed by atoms with Crippen LogP contribution in [0.1, 0.15) is 36.5 Å². The smallest absolute Gasteiger partial charge is 0.264 e. The van der Waals surface area contributed by atoms with Crippen LogP contribution in [-0.4, -0.2) is 44.8 Å². The molecule has 4 aromatic rings. The number of nitrogens with zero attached hydrogens (tertiary/aromatic N) is 2. The maximum absolute atomic E-state index is 15.1. The maximum Gasteiger partial charge on any atom is 0.264 e. The molecule has 0 bridgehead atoms. The second-order valence-corrected chi connectivity index (χ2v) is 18.3. The molecule has 1 spiro atoms. The van der Waals surface area contributed by atoms with Gasteiger partial charge in [-0.3, -0.25) is 14.5 Å². The molecule has 4 aromatic carbocycles. The number of para-hydroxylation sites is 1. The fourth-order valence-corrected chi connectivity index (χ4v) is 12.5. The van der Waals surface area contributed by atoms with Crippen LogP contribution in [0.3, 0.4) is 0 Å². The van der Waals surface area contributed by atoms with Crippen molar-refractivity contribution in [3.8, 4) is 5.75 Å². The van der Waals surface area contributed by atoms with Gasteiger partial charge in [0.2, 0.25) is 5.91 Å². The lowest BCUT2D eigenvalue weighted by Crippen LogP contribution is -2.51. The van der Waals surface area contributed by atoms with Crippen molar-refractivity contribution in [1.29, 1.82) is 0 Å². The largest absolute Gasteiger partial charge is 0.497 e. The first-order valence-corrected chi connectivity index (χ1v) is 19.6. The first-order chi connectivity index (χ1) is 22.7. The Morgan fingerprint density at radius 1 is 0.915 bits per heavy atom. The summed E-state index contributed by atoms with van der Waals surface area (Å²) in [6, 6.07) is 32.3. The zero-order chi connectivity index (χ0) is 32.9. The number of aliphatic hydroxyl groups excluding tert-OH is 1. The number of carbonyl (C=O) groups is 2. The SMILES string of the molecule is COc1ccc([Si](C)(C)[C@@H]2[C@@H](CCO)O[C@]3(C(=O)N(Cc4ccccc4)c4ccc(N5C(=O)CCc6ccccc65)cc43)[C@H]2C)cc1. The topological polar surface area (TPSA) is 79.3 Å². The Bertz CT molecular complexity index is 1810. The number of amides is 2. The van der Waals surface area contributed by atoms with Crippen molar-refractivity contribution in [3.05, 3.63) is 114 Å². The number of ether oxygens (including phenoxy) is 2. The molecule has 4 atom stereocenters. The summed E-state index contributed by atoms with van der Waals surface area (Å²) in [5.74, 6) is 0.550. The molecule has 3 aliphatic rings. The van der Waals surface area contributed by atoms with Gasteiger partial charge in [-0.25, -0.2) is 0 Å². The van der Waals surface area contributed by atoms with Gasteiger partial charge in [-0.2, -0.15) is 0 Å². The van der Waals surface area contributed by atoms with Crippen molar-refractivity contribution in [3.63, 3.8) is 0 Å². The second kappa shape index (κ2) is 12.1. The third kappa shape index (κ3) is 5.01. The van der Waals surface area contributed by atoms with Crippen molar-refractivity contribution >= 4 is 42.1 Å². The lowest BCUT2D eigenvalue weighted by Gasteiger charge is -2.37. The van der Waals surface area contributed by atoms with Gasteiger partial charge in [0.25, 0.3) is 5.91 Å². The lowest BCUT2D eigenvalue weighted by atomic mass is 9.82. The third-order valence-electron chi connectivity index (χ3n) is 10.8. The molecule has 47 heavy (non-hydrogen) atoms. The standard InChI is InChI=1S/C39H42N2O5Si/c1-26-37(47(3,4)31-18-16-30(45-2)17-19-31)35(22-23-42)46-39(26)32-24-29(41-33-13-9-8-12-28(33)14-21-36(41)43)15-20-34(32)40(38(39)44)25-27-10-6-5-7-11-27/h5-13,15-20,24,26,35,37,42H,14,21-23,25H2,1-4H3/t26-,35+,37-,39+/m0/s1. The van der Waals surface area contributed by atoms with E-state index in [9.17, 15) is 9.90 Å². The van der Waals surface area contributed by atoms with Crippen LogP contribution in [0.5, 0.6) is 5.75 Å². The van der Waals surface area contributed by atoms with E-state index in [1.807, 2.05) is 83.8 Å². The van der Waals surface area contributed by atoms with Gasteiger partial charge < -0.3 is 19.5 Å². The van der Waals surface area contributed by atoms with Crippen LogP contribution >= 0.6 is 0 Å². The number of aliphatic hydroxyl groups is 1. The lowest BCUT2D eigenvalue weighted by molar-refractivity contribution is -0.146. The summed E-state index contributed by atoms with van der Waals surface area (Å²) in [6.45, 7) is 7.20. The van der Waals surface area contributed by atoms with Gasteiger partial charge in [0.05, 0.1) is 39.2 Å². The Morgan fingerprint density at radius 2 is 1.64 bits per heavy atom. The molecule has 7 rings (SSSR count). The molecule has 1 N–H and O–H groups in total. The van der Waals surface area contributed by atoms with Crippen LogP contribution < -0.4 is 19.7 Å². The molecule has 0 aromatic heterocycles. The van der Waals surface area contributed by atoms with E-state index in [1.165, 1.54) is 5.19 Å². The molecule has 242 valence electrons. The molecule has 7 nitrogen and oxygen atoms in total. The molecule has 0 aliphatic carbocycles. The van der Waals surface area contributed by atoms with Gasteiger partial charge in [-0.15, -0.1) is 0 Å². The zero-order valence-electron chi connectivity index (χ0n) is 27.5. The van der Waals surface area contributed by atoms with Gasteiger partial charge in [0, 0.05) is 30.2 Å². The zero-order valence-corrected chi connectivity index (χ0v) is 28.5. The van der Waals surface area contributed by atoms with Crippen molar-refractivity contribution in [2.45, 2.75) is 63.1 Å². The van der Waals surface area contributed by atoms with Crippen LogP contribution in [0.25, 0.3) is 0 Å². The van der Waals surface area contributed by atoms with E-state index >= 15 is 4.79 Å². The molecular weight excluding hydrogens is 605 g/mol. The Hall–Kier alpha value is -4.24. The molecule has 8 heteroatoms.